The highest BCUT2D eigenvalue weighted by atomic mass is 35.5. The number of alkyl halides is 2. The molecule has 1 heterocycles. The summed E-state index contributed by atoms with van der Waals surface area (Å²) in [6.45, 7) is 0. The third kappa shape index (κ3) is 2.52. The summed E-state index contributed by atoms with van der Waals surface area (Å²) >= 11 is 5.45. The molecule has 1 aromatic heterocycles. The summed E-state index contributed by atoms with van der Waals surface area (Å²) in [6, 6.07) is 0.711. The van der Waals surface area contributed by atoms with Gasteiger partial charge < -0.3 is 5.73 Å². The number of hydrogen-bond acceptors (Lipinski definition) is 4. The Labute approximate surface area is 89.1 Å². The highest BCUT2D eigenvalue weighted by molar-refractivity contribution is 7.89. The van der Waals surface area contributed by atoms with E-state index < -0.39 is 37.9 Å². The summed E-state index contributed by atoms with van der Waals surface area (Å²) in [4.78, 5) is 2.54. The largest absolute Gasteiger partial charge is 0.383 e. The van der Waals surface area contributed by atoms with Crippen molar-refractivity contribution < 1.29 is 17.2 Å². The molecule has 0 radical (unpaired) electrons. The van der Waals surface area contributed by atoms with Gasteiger partial charge in [0.1, 0.15) is 16.4 Å². The first kappa shape index (κ1) is 12.1. The Balaban J connectivity index is 3.48. The molecule has 0 fully saturated rings. The zero-order valence-electron chi connectivity index (χ0n) is 7.12. The first-order valence-electron chi connectivity index (χ1n) is 3.50. The van der Waals surface area contributed by atoms with Crippen molar-refractivity contribution in [2.24, 2.45) is 5.14 Å². The van der Waals surface area contributed by atoms with Crippen LogP contribution in [0.2, 0.25) is 5.02 Å². The number of sulfonamides is 1. The van der Waals surface area contributed by atoms with Crippen LogP contribution in [0.1, 0.15) is 12.1 Å². The van der Waals surface area contributed by atoms with Crippen LogP contribution < -0.4 is 10.9 Å². The normalized spacial score (nSPS) is 12.1. The lowest BCUT2D eigenvalue weighted by Gasteiger charge is -2.07. The number of nitrogens with zero attached hydrogens (tertiary/aromatic N) is 1. The summed E-state index contributed by atoms with van der Waals surface area (Å²) in [5.74, 6) is -0.639. The van der Waals surface area contributed by atoms with Gasteiger partial charge in [-0.25, -0.2) is 27.3 Å². The van der Waals surface area contributed by atoms with Gasteiger partial charge >= 0.3 is 0 Å². The maximum Gasteiger partial charge on any atom is 0.280 e. The van der Waals surface area contributed by atoms with E-state index in [1.54, 1.807) is 0 Å². The quantitative estimate of drug-likeness (QED) is 0.822. The Morgan fingerprint density at radius 1 is 1.47 bits per heavy atom. The number of nitrogens with two attached hydrogens (primary N) is 2. The first-order valence-corrected chi connectivity index (χ1v) is 5.42. The van der Waals surface area contributed by atoms with Crippen molar-refractivity contribution in [2.75, 3.05) is 5.73 Å². The molecule has 1 rings (SSSR count). The van der Waals surface area contributed by atoms with E-state index in [2.05, 4.69) is 4.98 Å². The van der Waals surface area contributed by atoms with Gasteiger partial charge in [-0.05, 0) is 6.07 Å². The highest BCUT2D eigenvalue weighted by Crippen LogP contribution is 2.29. The van der Waals surface area contributed by atoms with Crippen LogP contribution in [0.5, 0.6) is 0 Å². The average molecular weight is 258 g/mol. The maximum atomic E-state index is 12.2. The topological polar surface area (TPSA) is 99.1 Å². The summed E-state index contributed by atoms with van der Waals surface area (Å²) in [5, 5.41) is 4.29. The Kier molecular flexibility index (Phi) is 3.12. The molecule has 0 amide bonds. The number of rotatable bonds is 2. The monoisotopic (exact) mass is 257 g/mol. The summed E-state index contributed by atoms with van der Waals surface area (Å²) in [5.41, 5.74) is 4.45. The Hall–Kier alpha value is -0.990. The number of pyridine rings is 1. The zero-order valence-corrected chi connectivity index (χ0v) is 8.69. The molecule has 0 aromatic carbocycles. The SMILES string of the molecule is Nc1nc(C(F)F)cc(Cl)c1S(N)(=O)=O. The molecule has 0 atom stereocenters. The van der Waals surface area contributed by atoms with Crippen molar-refractivity contribution in [2.45, 2.75) is 11.3 Å². The van der Waals surface area contributed by atoms with Crippen LogP contribution >= 0.6 is 11.6 Å². The Morgan fingerprint density at radius 3 is 2.33 bits per heavy atom. The molecule has 0 bridgehead atoms. The van der Waals surface area contributed by atoms with Crippen molar-refractivity contribution in [3.8, 4) is 0 Å². The second-order valence-electron chi connectivity index (χ2n) is 2.59. The molecule has 84 valence electrons. The first-order chi connectivity index (χ1) is 6.73. The van der Waals surface area contributed by atoms with E-state index in [9.17, 15) is 17.2 Å². The highest BCUT2D eigenvalue weighted by Gasteiger charge is 2.21. The lowest BCUT2D eigenvalue weighted by atomic mass is 10.3. The van der Waals surface area contributed by atoms with Crippen LogP contribution in [0.25, 0.3) is 0 Å². The number of nitrogen functional groups attached to an aromatic ring is 1. The van der Waals surface area contributed by atoms with Gasteiger partial charge in [0.05, 0.1) is 5.02 Å². The minimum atomic E-state index is -4.17. The molecule has 1 aromatic rings. The van der Waals surface area contributed by atoms with Gasteiger partial charge in [0, 0.05) is 0 Å². The van der Waals surface area contributed by atoms with Crippen LogP contribution in [0.4, 0.5) is 14.6 Å². The molecule has 9 heteroatoms. The molecular weight excluding hydrogens is 252 g/mol. The predicted octanol–water partition coefficient (Wildman–Crippen LogP) is 0.902. The fraction of sp³-hybridized carbons (Fsp3) is 0.167. The van der Waals surface area contributed by atoms with E-state index in [4.69, 9.17) is 22.5 Å². The standard InChI is InChI=1S/C6H6ClF2N3O2S/c7-2-1-3(5(8)9)12-6(10)4(2)15(11,13)14/h1,5H,(H2,10,12)(H2,11,13,14). The Bertz CT molecular complexity index is 468. The second-order valence-corrected chi connectivity index (χ2v) is 4.49. The number of primary sulfonamides is 1. The van der Waals surface area contributed by atoms with Gasteiger partial charge in [-0.15, -0.1) is 0 Å². The minimum absolute atomic E-state index is 0.472. The second kappa shape index (κ2) is 3.87. The van der Waals surface area contributed by atoms with Crippen LogP contribution in [-0.2, 0) is 10.0 Å². The van der Waals surface area contributed by atoms with Crippen molar-refractivity contribution in [3.05, 3.63) is 16.8 Å². The van der Waals surface area contributed by atoms with Gasteiger partial charge in [0.2, 0.25) is 10.0 Å². The van der Waals surface area contributed by atoms with E-state index in [1.165, 1.54) is 0 Å². The Morgan fingerprint density at radius 2 is 2.00 bits per heavy atom. The van der Waals surface area contributed by atoms with Gasteiger partial charge in [0.15, 0.2) is 0 Å². The molecule has 0 saturated carbocycles. The molecule has 15 heavy (non-hydrogen) atoms. The van der Waals surface area contributed by atoms with Crippen LogP contribution in [0, 0.1) is 0 Å². The number of anilines is 1. The summed E-state index contributed by atoms with van der Waals surface area (Å²) in [6.07, 6.45) is -2.89. The predicted molar refractivity (Wildman–Crippen MR) is 50.0 cm³/mol. The fourth-order valence-electron chi connectivity index (χ4n) is 0.933. The van der Waals surface area contributed by atoms with Gasteiger partial charge in [-0.2, -0.15) is 0 Å². The summed E-state index contributed by atoms with van der Waals surface area (Å²) < 4.78 is 46.3. The molecule has 0 aliphatic carbocycles. The van der Waals surface area contributed by atoms with Crippen molar-refractivity contribution in [1.29, 1.82) is 0 Å². The van der Waals surface area contributed by atoms with Crippen molar-refractivity contribution in [3.63, 3.8) is 0 Å². The molecule has 0 spiro atoms. The van der Waals surface area contributed by atoms with Crippen molar-refractivity contribution >= 4 is 27.4 Å². The third-order valence-corrected chi connectivity index (χ3v) is 2.89. The van der Waals surface area contributed by atoms with E-state index >= 15 is 0 Å². The molecule has 0 saturated heterocycles. The molecule has 0 aliphatic rings. The van der Waals surface area contributed by atoms with Gasteiger partial charge in [0.25, 0.3) is 6.43 Å². The lowest BCUT2D eigenvalue weighted by molar-refractivity contribution is 0.146. The zero-order chi connectivity index (χ0) is 11.8. The molecule has 4 N–H and O–H groups in total. The van der Waals surface area contributed by atoms with E-state index in [-0.39, 0.29) is 0 Å². The fourth-order valence-corrected chi connectivity index (χ4v) is 2.13. The van der Waals surface area contributed by atoms with E-state index in [0.717, 1.165) is 0 Å². The number of halogens is 3. The average Bonchev–Trinajstić information content (AvgIpc) is 1.99. The van der Waals surface area contributed by atoms with Gasteiger partial charge in [-0.3, -0.25) is 0 Å². The van der Waals surface area contributed by atoms with Crippen LogP contribution in [0.3, 0.4) is 0 Å². The molecule has 5 nitrogen and oxygen atoms in total. The van der Waals surface area contributed by atoms with Crippen molar-refractivity contribution in [1.82, 2.24) is 4.98 Å². The lowest BCUT2D eigenvalue weighted by Crippen LogP contribution is -2.16. The maximum absolute atomic E-state index is 12.2. The molecule has 0 unspecified atom stereocenters. The van der Waals surface area contributed by atoms with Crippen LogP contribution in [0.15, 0.2) is 11.0 Å². The van der Waals surface area contributed by atoms with Crippen LogP contribution in [-0.4, -0.2) is 13.4 Å². The number of hydrogen-bond donors (Lipinski definition) is 2. The van der Waals surface area contributed by atoms with E-state index in [1.807, 2.05) is 0 Å². The number of aromatic nitrogens is 1. The molecule has 0 aliphatic heterocycles. The van der Waals surface area contributed by atoms with E-state index in [0.29, 0.717) is 6.07 Å². The minimum Gasteiger partial charge on any atom is -0.383 e. The smallest absolute Gasteiger partial charge is 0.280 e. The third-order valence-electron chi connectivity index (χ3n) is 1.48. The summed E-state index contributed by atoms with van der Waals surface area (Å²) in [7, 11) is -4.17. The molecular formula is C6H6ClF2N3O2S. The van der Waals surface area contributed by atoms with Gasteiger partial charge in [-0.1, -0.05) is 11.6 Å².